The highest BCUT2D eigenvalue weighted by Crippen LogP contribution is 2.37. The van der Waals surface area contributed by atoms with E-state index in [0.29, 0.717) is 6.42 Å². The maximum atomic E-state index is 11.7. The highest BCUT2D eigenvalue weighted by atomic mass is 16.1. The molecule has 0 radical (unpaired) electrons. The number of rotatable bonds is 1. The maximum Gasteiger partial charge on any atom is 0.160 e. The van der Waals surface area contributed by atoms with Crippen molar-refractivity contribution in [3.8, 4) is 6.07 Å². The minimum Gasteiger partial charge on any atom is -0.359 e. The van der Waals surface area contributed by atoms with Crippen LogP contribution in [-0.2, 0) is 4.79 Å². The van der Waals surface area contributed by atoms with Gasteiger partial charge in [0.05, 0.1) is 11.6 Å². The highest BCUT2D eigenvalue weighted by Gasteiger charge is 2.49. The van der Waals surface area contributed by atoms with E-state index in [2.05, 4.69) is 0 Å². The molecule has 1 aliphatic rings. The summed E-state index contributed by atoms with van der Waals surface area (Å²) in [6.45, 7) is 7.82. The van der Waals surface area contributed by atoms with Crippen molar-refractivity contribution >= 4 is 5.78 Å². The molecule has 1 aliphatic heterocycles. The summed E-state index contributed by atoms with van der Waals surface area (Å²) in [5.41, 5.74) is -0.676. The van der Waals surface area contributed by atoms with Crippen LogP contribution in [0.5, 0.6) is 0 Å². The van der Waals surface area contributed by atoms with Crippen LogP contribution in [0.4, 0.5) is 0 Å². The maximum absolute atomic E-state index is 11.7. The van der Waals surface area contributed by atoms with Gasteiger partial charge in [-0.3, -0.25) is 4.79 Å². The zero-order valence-corrected chi connectivity index (χ0v) is 9.16. The first-order chi connectivity index (χ1) is 6.32. The summed E-state index contributed by atoms with van der Waals surface area (Å²) in [6.07, 6.45) is 3.67. The van der Waals surface area contributed by atoms with E-state index in [1.165, 1.54) is 6.08 Å². The molecule has 0 amide bonds. The average molecular weight is 192 g/mol. The number of carbonyl (C=O) groups is 1. The molecule has 1 rings (SSSR count). The number of carbonyl (C=O) groups excluding carboxylic acids is 1. The Bertz CT molecular complexity index is 321. The molecule has 0 aromatic heterocycles. The van der Waals surface area contributed by atoms with Gasteiger partial charge < -0.3 is 4.90 Å². The molecule has 3 heteroatoms. The Hall–Kier alpha value is -1.30. The van der Waals surface area contributed by atoms with Crippen molar-refractivity contribution in [1.29, 1.82) is 5.26 Å². The SMILES string of the molecule is CC1(C)CC(=O)C(C)(C)N1C=CC#N. The summed E-state index contributed by atoms with van der Waals surface area (Å²) in [7, 11) is 0. The van der Waals surface area contributed by atoms with Gasteiger partial charge in [-0.05, 0) is 27.7 Å². The number of likely N-dealkylation sites (tertiary alicyclic amines) is 1. The van der Waals surface area contributed by atoms with E-state index in [1.807, 2.05) is 38.7 Å². The third kappa shape index (κ3) is 1.52. The molecule has 0 aliphatic carbocycles. The molecule has 1 saturated heterocycles. The Balaban J connectivity index is 3.06. The quantitative estimate of drug-likeness (QED) is 0.595. The Morgan fingerprint density at radius 3 is 2.36 bits per heavy atom. The third-order valence-corrected chi connectivity index (χ3v) is 2.83. The monoisotopic (exact) mass is 192 g/mol. The predicted octanol–water partition coefficient (Wildman–Crippen LogP) is 1.86. The van der Waals surface area contributed by atoms with Crippen LogP contribution >= 0.6 is 0 Å². The molecule has 0 aromatic carbocycles. The number of Topliss-reactive ketones (excluding diaryl/α,β-unsaturated/α-hetero) is 1. The fraction of sp³-hybridized carbons (Fsp3) is 0.636. The van der Waals surface area contributed by atoms with Gasteiger partial charge >= 0.3 is 0 Å². The molecule has 1 fully saturated rings. The lowest BCUT2D eigenvalue weighted by molar-refractivity contribution is -0.122. The van der Waals surface area contributed by atoms with Gasteiger partial charge in [-0.25, -0.2) is 0 Å². The fourth-order valence-electron chi connectivity index (χ4n) is 2.08. The minimum absolute atomic E-state index is 0.187. The topological polar surface area (TPSA) is 44.1 Å². The zero-order chi connectivity index (χ0) is 11.0. The molecule has 1 heterocycles. The average Bonchev–Trinajstić information content (AvgIpc) is 2.16. The summed E-state index contributed by atoms with van der Waals surface area (Å²) in [5, 5.41) is 8.48. The molecule has 0 N–H and O–H groups in total. The van der Waals surface area contributed by atoms with Gasteiger partial charge in [0.2, 0.25) is 0 Å². The summed E-state index contributed by atoms with van der Waals surface area (Å²) in [5.74, 6) is 0.227. The lowest BCUT2D eigenvalue weighted by Gasteiger charge is -2.38. The van der Waals surface area contributed by atoms with Crippen molar-refractivity contribution < 1.29 is 4.79 Å². The molecule has 0 spiro atoms. The van der Waals surface area contributed by atoms with Crippen molar-refractivity contribution in [1.82, 2.24) is 4.90 Å². The first-order valence-electron chi connectivity index (χ1n) is 4.71. The Morgan fingerprint density at radius 1 is 1.43 bits per heavy atom. The molecule has 3 nitrogen and oxygen atoms in total. The van der Waals surface area contributed by atoms with E-state index in [0.717, 1.165) is 0 Å². The van der Waals surface area contributed by atoms with Gasteiger partial charge in [0.15, 0.2) is 5.78 Å². The summed E-state index contributed by atoms with van der Waals surface area (Å²) >= 11 is 0. The number of ketones is 1. The van der Waals surface area contributed by atoms with E-state index < -0.39 is 5.54 Å². The highest BCUT2D eigenvalue weighted by molar-refractivity contribution is 5.91. The molecule has 0 atom stereocenters. The molecule has 0 bridgehead atoms. The third-order valence-electron chi connectivity index (χ3n) is 2.83. The van der Waals surface area contributed by atoms with Crippen LogP contribution in [-0.4, -0.2) is 21.8 Å². The number of hydrogen-bond donors (Lipinski definition) is 0. The van der Waals surface area contributed by atoms with Crippen LogP contribution in [0.2, 0.25) is 0 Å². The second kappa shape index (κ2) is 3.13. The molecule has 0 saturated carbocycles. The molecule has 14 heavy (non-hydrogen) atoms. The number of hydrogen-bond acceptors (Lipinski definition) is 3. The van der Waals surface area contributed by atoms with Gasteiger partial charge in [0, 0.05) is 24.2 Å². The Kier molecular flexibility index (Phi) is 2.41. The van der Waals surface area contributed by atoms with Crippen molar-refractivity contribution in [2.24, 2.45) is 0 Å². The van der Waals surface area contributed by atoms with Crippen LogP contribution < -0.4 is 0 Å². The number of nitrogens with zero attached hydrogens (tertiary/aromatic N) is 2. The fourth-order valence-corrected chi connectivity index (χ4v) is 2.08. The van der Waals surface area contributed by atoms with Crippen molar-refractivity contribution in [2.75, 3.05) is 0 Å². The normalized spacial score (nSPS) is 24.2. The van der Waals surface area contributed by atoms with Gasteiger partial charge in [0.1, 0.15) is 0 Å². The van der Waals surface area contributed by atoms with E-state index in [9.17, 15) is 4.79 Å². The van der Waals surface area contributed by atoms with Gasteiger partial charge in [-0.15, -0.1) is 0 Å². The van der Waals surface area contributed by atoms with Crippen LogP contribution in [0.3, 0.4) is 0 Å². The second-order valence-corrected chi connectivity index (χ2v) is 4.79. The van der Waals surface area contributed by atoms with E-state index in [1.54, 1.807) is 6.20 Å². The minimum atomic E-state index is -0.489. The van der Waals surface area contributed by atoms with Gasteiger partial charge in [-0.2, -0.15) is 5.26 Å². The van der Waals surface area contributed by atoms with Crippen LogP contribution in [0, 0.1) is 11.3 Å². The zero-order valence-electron chi connectivity index (χ0n) is 9.16. The second-order valence-electron chi connectivity index (χ2n) is 4.79. The van der Waals surface area contributed by atoms with Crippen LogP contribution in [0.15, 0.2) is 12.3 Å². The lowest BCUT2D eigenvalue weighted by atomic mass is 9.99. The van der Waals surface area contributed by atoms with Crippen LogP contribution in [0.1, 0.15) is 34.1 Å². The number of nitriles is 1. The first kappa shape index (κ1) is 10.8. The molecular formula is C11H16N2O. The van der Waals surface area contributed by atoms with Crippen LogP contribution in [0.25, 0.3) is 0 Å². The summed E-state index contributed by atoms with van der Waals surface area (Å²) < 4.78 is 0. The van der Waals surface area contributed by atoms with Crippen molar-refractivity contribution in [3.63, 3.8) is 0 Å². The largest absolute Gasteiger partial charge is 0.359 e. The molecular weight excluding hydrogens is 176 g/mol. The van der Waals surface area contributed by atoms with Gasteiger partial charge in [-0.1, -0.05) is 0 Å². The smallest absolute Gasteiger partial charge is 0.160 e. The summed E-state index contributed by atoms with van der Waals surface area (Å²) in [4.78, 5) is 13.7. The van der Waals surface area contributed by atoms with E-state index in [4.69, 9.17) is 5.26 Å². The molecule has 76 valence electrons. The lowest BCUT2D eigenvalue weighted by Crippen LogP contribution is -2.46. The van der Waals surface area contributed by atoms with E-state index >= 15 is 0 Å². The first-order valence-corrected chi connectivity index (χ1v) is 4.71. The molecule has 0 unspecified atom stereocenters. The Labute approximate surface area is 85.0 Å². The van der Waals surface area contributed by atoms with Crippen molar-refractivity contribution in [2.45, 2.75) is 45.2 Å². The van der Waals surface area contributed by atoms with Gasteiger partial charge in [0.25, 0.3) is 0 Å². The van der Waals surface area contributed by atoms with E-state index in [-0.39, 0.29) is 11.3 Å². The standard InChI is InChI=1S/C11H16N2O/c1-10(2)8-9(14)11(3,4)13(10)7-5-6-12/h5,7H,8H2,1-4H3. The Morgan fingerprint density at radius 2 is 2.00 bits per heavy atom. The molecule has 0 aromatic rings. The van der Waals surface area contributed by atoms with Crippen molar-refractivity contribution in [3.05, 3.63) is 12.3 Å². The predicted molar refractivity (Wildman–Crippen MR) is 54.4 cm³/mol. The number of allylic oxidation sites excluding steroid dienone is 1. The summed E-state index contributed by atoms with van der Waals surface area (Å²) in [6, 6.07) is 1.95.